The maximum atomic E-state index is 6.24. The molecule has 0 aromatic carbocycles. The standard InChI is InChI=1S/C18H35N3/c1-4-6-7-8-9-10-11-12-17(19)15-18-13-14-21(20-18)16(3)5-2/h13-14,16-17H,4-12,15,19H2,1-3H3. The molecule has 0 aliphatic carbocycles. The zero-order valence-corrected chi connectivity index (χ0v) is 14.4. The minimum Gasteiger partial charge on any atom is -0.327 e. The number of hydrogen-bond donors (Lipinski definition) is 1. The van der Waals surface area contributed by atoms with Gasteiger partial charge in [-0.25, -0.2) is 0 Å². The van der Waals surface area contributed by atoms with Crippen LogP contribution in [0.1, 0.15) is 90.3 Å². The molecule has 0 aliphatic rings. The van der Waals surface area contributed by atoms with Crippen molar-refractivity contribution >= 4 is 0 Å². The smallest absolute Gasteiger partial charge is 0.0640 e. The van der Waals surface area contributed by atoms with Crippen molar-refractivity contribution in [3.8, 4) is 0 Å². The summed E-state index contributed by atoms with van der Waals surface area (Å²) >= 11 is 0. The van der Waals surface area contributed by atoms with Crippen molar-refractivity contribution in [3.05, 3.63) is 18.0 Å². The third-order valence-corrected chi connectivity index (χ3v) is 4.36. The summed E-state index contributed by atoms with van der Waals surface area (Å²) in [6.45, 7) is 6.66. The molecule has 0 fully saturated rings. The van der Waals surface area contributed by atoms with Crippen LogP contribution in [0.15, 0.2) is 12.3 Å². The fourth-order valence-electron chi connectivity index (χ4n) is 2.65. The van der Waals surface area contributed by atoms with Crippen LogP contribution in [0.5, 0.6) is 0 Å². The molecule has 2 atom stereocenters. The molecule has 0 saturated heterocycles. The van der Waals surface area contributed by atoms with Crippen molar-refractivity contribution in [2.45, 2.75) is 97.1 Å². The van der Waals surface area contributed by atoms with E-state index in [0.717, 1.165) is 25.0 Å². The van der Waals surface area contributed by atoms with Gasteiger partial charge in [-0.3, -0.25) is 4.68 Å². The molecule has 0 amide bonds. The number of nitrogens with zero attached hydrogens (tertiary/aromatic N) is 2. The highest BCUT2D eigenvalue weighted by molar-refractivity contribution is 5.01. The maximum Gasteiger partial charge on any atom is 0.0640 e. The van der Waals surface area contributed by atoms with Gasteiger partial charge in [0.1, 0.15) is 0 Å². The van der Waals surface area contributed by atoms with Crippen molar-refractivity contribution in [1.29, 1.82) is 0 Å². The largest absolute Gasteiger partial charge is 0.327 e. The monoisotopic (exact) mass is 293 g/mol. The molecule has 3 nitrogen and oxygen atoms in total. The predicted octanol–water partition coefficient (Wildman–Crippen LogP) is 4.86. The summed E-state index contributed by atoms with van der Waals surface area (Å²) in [4.78, 5) is 0. The molecule has 1 aromatic heterocycles. The average Bonchev–Trinajstić information content (AvgIpc) is 2.94. The SMILES string of the molecule is CCCCCCCCCC(N)Cc1ccn(C(C)CC)n1. The molecule has 0 spiro atoms. The van der Waals surface area contributed by atoms with Crippen LogP contribution >= 0.6 is 0 Å². The summed E-state index contributed by atoms with van der Waals surface area (Å²) in [6.07, 6.45) is 14.7. The first-order valence-corrected chi connectivity index (χ1v) is 8.97. The second-order valence-electron chi connectivity index (χ2n) is 6.42. The van der Waals surface area contributed by atoms with Crippen LogP contribution in [0.4, 0.5) is 0 Å². The van der Waals surface area contributed by atoms with E-state index in [1.807, 2.05) is 0 Å². The highest BCUT2D eigenvalue weighted by Crippen LogP contribution is 2.13. The average molecular weight is 293 g/mol. The molecule has 1 heterocycles. The molecular formula is C18H35N3. The van der Waals surface area contributed by atoms with Crippen molar-refractivity contribution in [2.24, 2.45) is 5.73 Å². The van der Waals surface area contributed by atoms with E-state index in [1.54, 1.807) is 0 Å². The Hall–Kier alpha value is -0.830. The molecule has 2 unspecified atom stereocenters. The Bertz CT molecular complexity index is 359. The molecule has 0 aliphatic heterocycles. The lowest BCUT2D eigenvalue weighted by Gasteiger charge is -2.11. The third kappa shape index (κ3) is 7.66. The van der Waals surface area contributed by atoms with Crippen molar-refractivity contribution in [1.82, 2.24) is 9.78 Å². The van der Waals surface area contributed by atoms with Gasteiger partial charge in [0.15, 0.2) is 0 Å². The highest BCUT2D eigenvalue weighted by Gasteiger charge is 2.08. The van der Waals surface area contributed by atoms with Crippen LogP contribution < -0.4 is 5.73 Å². The Morgan fingerprint density at radius 3 is 2.43 bits per heavy atom. The summed E-state index contributed by atoms with van der Waals surface area (Å²) < 4.78 is 2.07. The second-order valence-corrected chi connectivity index (χ2v) is 6.42. The normalized spacial score (nSPS) is 14.3. The van der Waals surface area contributed by atoms with Gasteiger partial charge in [-0.2, -0.15) is 5.10 Å². The highest BCUT2D eigenvalue weighted by atomic mass is 15.3. The van der Waals surface area contributed by atoms with E-state index in [1.165, 1.54) is 44.9 Å². The van der Waals surface area contributed by atoms with Gasteiger partial charge in [0.05, 0.1) is 5.69 Å². The zero-order chi connectivity index (χ0) is 15.5. The van der Waals surface area contributed by atoms with Crippen LogP contribution in [0.2, 0.25) is 0 Å². The first kappa shape index (κ1) is 18.2. The van der Waals surface area contributed by atoms with Gasteiger partial charge in [-0.1, -0.05) is 58.8 Å². The van der Waals surface area contributed by atoms with Crippen molar-refractivity contribution in [2.75, 3.05) is 0 Å². The van der Waals surface area contributed by atoms with Gasteiger partial charge in [-0.05, 0) is 25.8 Å². The van der Waals surface area contributed by atoms with E-state index in [2.05, 4.69) is 42.8 Å². The minimum absolute atomic E-state index is 0.265. The van der Waals surface area contributed by atoms with E-state index in [-0.39, 0.29) is 6.04 Å². The summed E-state index contributed by atoms with van der Waals surface area (Å²) in [5.41, 5.74) is 7.38. The molecule has 2 N–H and O–H groups in total. The number of nitrogens with two attached hydrogens (primary N) is 1. The lowest BCUT2D eigenvalue weighted by Crippen LogP contribution is -2.23. The summed E-state index contributed by atoms with van der Waals surface area (Å²) in [7, 11) is 0. The Morgan fingerprint density at radius 1 is 1.10 bits per heavy atom. The van der Waals surface area contributed by atoms with Gasteiger partial charge in [0.25, 0.3) is 0 Å². The van der Waals surface area contributed by atoms with Crippen LogP contribution in [0.3, 0.4) is 0 Å². The molecule has 3 heteroatoms. The van der Waals surface area contributed by atoms with Gasteiger partial charge < -0.3 is 5.73 Å². The Kier molecular flexibility index (Phi) is 9.40. The molecule has 0 bridgehead atoms. The number of hydrogen-bond acceptors (Lipinski definition) is 2. The Morgan fingerprint density at radius 2 is 1.76 bits per heavy atom. The third-order valence-electron chi connectivity index (χ3n) is 4.36. The second kappa shape index (κ2) is 10.8. The zero-order valence-electron chi connectivity index (χ0n) is 14.4. The van der Waals surface area contributed by atoms with E-state index in [0.29, 0.717) is 6.04 Å². The van der Waals surface area contributed by atoms with Crippen LogP contribution in [-0.4, -0.2) is 15.8 Å². The minimum atomic E-state index is 0.265. The van der Waals surface area contributed by atoms with Crippen LogP contribution in [0, 0.1) is 0 Å². The summed E-state index contributed by atoms with van der Waals surface area (Å²) in [5, 5.41) is 4.64. The first-order valence-electron chi connectivity index (χ1n) is 8.97. The summed E-state index contributed by atoms with van der Waals surface area (Å²) in [6, 6.07) is 2.87. The van der Waals surface area contributed by atoms with Gasteiger partial charge in [0.2, 0.25) is 0 Å². The number of aromatic nitrogens is 2. The van der Waals surface area contributed by atoms with Crippen molar-refractivity contribution in [3.63, 3.8) is 0 Å². The lowest BCUT2D eigenvalue weighted by molar-refractivity contribution is 0.468. The Balaban J connectivity index is 2.13. The fourth-order valence-corrected chi connectivity index (χ4v) is 2.65. The van der Waals surface area contributed by atoms with Gasteiger partial charge >= 0.3 is 0 Å². The molecule has 0 saturated carbocycles. The fraction of sp³-hybridized carbons (Fsp3) is 0.833. The van der Waals surface area contributed by atoms with Crippen LogP contribution in [-0.2, 0) is 6.42 Å². The molecule has 1 rings (SSSR count). The topological polar surface area (TPSA) is 43.8 Å². The quantitative estimate of drug-likeness (QED) is 0.559. The lowest BCUT2D eigenvalue weighted by atomic mass is 10.0. The molecular weight excluding hydrogens is 258 g/mol. The molecule has 0 radical (unpaired) electrons. The predicted molar refractivity (Wildman–Crippen MR) is 91.5 cm³/mol. The van der Waals surface area contributed by atoms with E-state index in [9.17, 15) is 0 Å². The molecule has 122 valence electrons. The summed E-state index contributed by atoms with van der Waals surface area (Å²) in [5.74, 6) is 0. The molecule has 21 heavy (non-hydrogen) atoms. The van der Waals surface area contributed by atoms with Crippen molar-refractivity contribution < 1.29 is 0 Å². The van der Waals surface area contributed by atoms with E-state index < -0.39 is 0 Å². The molecule has 1 aromatic rings. The number of rotatable bonds is 12. The Labute approximate surface area is 131 Å². The first-order chi connectivity index (χ1) is 10.2. The van der Waals surface area contributed by atoms with Gasteiger partial charge in [-0.15, -0.1) is 0 Å². The van der Waals surface area contributed by atoms with E-state index >= 15 is 0 Å². The van der Waals surface area contributed by atoms with E-state index in [4.69, 9.17) is 5.73 Å². The number of unbranched alkanes of at least 4 members (excludes halogenated alkanes) is 6. The maximum absolute atomic E-state index is 6.24. The van der Waals surface area contributed by atoms with Crippen LogP contribution in [0.25, 0.3) is 0 Å². The van der Waals surface area contributed by atoms with Gasteiger partial charge in [0, 0.05) is 24.7 Å².